The van der Waals surface area contributed by atoms with Crippen molar-refractivity contribution in [3.8, 4) is 0 Å². The molecule has 0 aliphatic rings. The Hall–Kier alpha value is -2.91. The molecule has 25 heavy (non-hydrogen) atoms. The number of hydrogen-bond donors (Lipinski definition) is 0. The number of allylic oxidation sites excluding steroid dienone is 1. The van der Waals surface area contributed by atoms with E-state index in [2.05, 4.69) is 0 Å². The van der Waals surface area contributed by atoms with E-state index in [-0.39, 0.29) is 9.80 Å². The second-order valence-corrected chi connectivity index (χ2v) is 7.47. The fourth-order valence-electron chi connectivity index (χ4n) is 2.41. The monoisotopic (exact) mass is 346 g/mol. The number of benzene rings is 3. The van der Waals surface area contributed by atoms with Crippen molar-refractivity contribution in [1.29, 1.82) is 0 Å². The molecule has 0 radical (unpaired) electrons. The summed E-state index contributed by atoms with van der Waals surface area (Å²) in [5.41, 5.74) is 1.79. The van der Waals surface area contributed by atoms with Crippen LogP contribution in [0.25, 0.3) is 12.2 Å². The Morgan fingerprint density at radius 2 is 1.12 bits per heavy atom. The number of hydrogen-bond acceptors (Lipinski definition) is 2. The quantitative estimate of drug-likeness (QED) is 0.594. The van der Waals surface area contributed by atoms with Gasteiger partial charge < -0.3 is 0 Å². The van der Waals surface area contributed by atoms with Gasteiger partial charge in [-0.1, -0.05) is 84.9 Å². The van der Waals surface area contributed by atoms with E-state index in [0.717, 1.165) is 11.1 Å². The van der Waals surface area contributed by atoms with Gasteiger partial charge in [-0.2, -0.15) is 0 Å². The second kappa shape index (κ2) is 7.77. The van der Waals surface area contributed by atoms with E-state index < -0.39 is 9.84 Å². The number of rotatable bonds is 5. The minimum Gasteiger partial charge on any atom is -0.219 e. The van der Waals surface area contributed by atoms with Crippen LogP contribution in [-0.2, 0) is 9.84 Å². The lowest BCUT2D eigenvalue weighted by atomic mass is 10.2. The molecule has 0 amide bonds. The summed E-state index contributed by atoms with van der Waals surface area (Å²) in [5.74, 6) is 0. The SMILES string of the molecule is O=S(=O)(C(=C\c1ccccc1)/C=C/c1ccccc1)c1ccccc1. The molecular weight excluding hydrogens is 328 g/mol. The Balaban J connectivity index is 2.06. The molecule has 3 rings (SSSR count). The summed E-state index contributed by atoms with van der Waals surface area (Å²) in [6.07, 6.45) is 5.17. The highest BCUT2D eigenvalue weighted by Gasteiger charge is 2.18. The third kappa shape index (κ3) is 4.34. The average Bonchev–Trinajstić information content (AvgIpc) is 2.67. The first kappa shape index (κ1) is 16.9. The van der Waals surface area contributed by atoms with Crippen LogP contribution in [0.1, 0.15) is 11.1 Å². The van der Waals surface area contributed by atoms with Gasteiger partial charge in [-0.25, -0.2) is 8.42 Å². The minimum atomic E-state index is -3.60. The van der Waals surface area contributed by atoms with Gasteiger partial charge in [0.2, 0.25) is 9.84 Å². The molecule has 0 aliphatic carbocycles. The van der Waals surface area contributed by atoms with Crippen LogP contribution in [0.2, 0.25) is 0 Å². The molecule has 0 saturated heterocycles. The maximum Gasteiger partial charge on any atom is 0.206 e. The molecular formula is C22H18O2S. The Morgan fingerprint density at radius 1 is 0.640 bits per heavy atom. The summed E-state index contributed by atoms with van der Waals surface area (Å²) in [5, 5.41) is 0. The van der Waals surface area contributed by atoms with E-state index in [9.17, 15) is 8.42 Å². The fourth-order valence-corrected chi connectivity index (χ4v) is 3.73. The summed E-state index contributed by atoms with van der Waals surface area (Å²) in [6.45, 7) is 0. The van der Waals surface area contributed by atoms with Gasteiger partial charge in [-0.15, -0.1) is 0 Å². The summed E-state index contributed by atoms with van der Waals surface area (Å²) >= 11 is 0. The zero-order valence-corrected chi connectivity index (χ0v) is 14.4. The van der Waals surface area contributed by atoms with Crippen molar-refractivity contribution in [3.63, 3.8) is 0 Å². The smallest absolute Gasteiger partial charge is 0.206 e. The lowest BCUT2D eigenvalue weighted by Gasteiger charge is -2.06. The van der Waals surface area contributed by atoms with Gasteiger partial charge in [0.1, 0.15) is 0 Å². The highest BCUT2D eigenvalue weighted by molar-refractivity contribution is 7.95. The van der Waals surface area contributed by atoms with E-state index in [1.807, 2.05) is 66.7 Å². The summed E-state index contributed by atoms with van der Waals surface area (Å²) in [7, 11) is -3.60. The minimum absolute atomic E-state index is 0.258. The summed E-state index contributed by atoms with van der Waals surface area (Å²) in [4.78, 5) is 0.545. The Bertz CT molecular complexity index is 972. The summed E-state index contributed by atoms with van der Waals surface area (Å²) < 4.78 is 26.1. The Kier molecular flexibility index (Phi) is 5.26. The molecule has 3 aromatic rings. The first-order valence-corrected chi connectivity index (χ1v) is 9.44. The molecule has 0 atom stereocenters. The van der Waals surface area contributed by atoms with E-state index in [1.165, 1.54) is 0 Å². The van der Waals surface area contributed by atoms with Gasteiger partial charge in [0.05, 0.1) is 9.80 Å². The van der Waals surface area contributed by atoms with Crippen LogP contribution in [0, 0.1) is 0 Å². The molecule has 0 aromatic heterocycles. The van der Waals surface area contributed by atoms with Crippen LogP contribution >= 0.6 is 0 Å². The maximum absolute atomic E-state index is 13.0. The van der Waals surface area contributed by atoms with Crippen molar-refractivity contribution in [1.82, 2.24) is 0 Å². The lowest BCUT2D eigenvalue weighted by molar-refractivity contribution is 0.603. The van der Waals surface area contributed by atoms with Crippen molar-refractivity contribution < 1.29 is 8.42 Å². The van der Waals surface area contributed by atoms with Gasteiger partial charge in [0, 0.05) is 0 Å². The van der Waals surface area contributed by atoms with Crippen LogP contribution in [0.15, 0.2) is 107 Å². The van der Waals surface area contributed by atoms with E-state index in [1.54, 1.807) is 42.5 Å². The third-order valence-electron chi connectivity index (χ3n) is 3.71. The molecule has 0 spiro atoms. The van der Waals surface area contributed by atoms with Gasteiger partial charge >= 0.3 is 0 Å². The molecule has 3 aromatic carbocycles. The van der Waals surface area contributed by atoms with Gasteiger partial charge in [0.25, 0.3) is 0 Å². The van der Waals surface area contributed by atoms with Crippen molar-refractivity contribution >= 4 is 22.0 Å². The van der Waals surface area contributed by atoms with Gasteiger partial charge in [-0.05, 0) is 35.4 Å². The molecule has 0 heterocycles. The molecule has 124 valence electrons. The van der Waals surface area contributed by atoms with Crippen molar-refractivity contribution in [3.05, 3.63) is 113 Å². The van der Waals surface area contributed by atoms with Crippen molar-refractivity contribution in [2.45, 2.75) is 4.90 Å². The lowest BCUT2D eigenvalue weighted by Crippen LogP contribution is -2.03. The van der Waals surface area contributed by atoms with Crippen LogP contribution in [0.4, 0.5) is 0 Å². The average molecular weight is 346 g/mol. The Morgan fingerprint density at radius 3 is 1.68 bits per heavy atom. The van der Waals surface area contributed by atoms with Crippen LogP contribution in [0.5, 0.6) is 0 Å². The van der Waals surface area contributed by atoms with Crippen LogP contribution < -0.4 is 0 Å². The predicted molar refractivity (Wildman–Crippen MR) is 104 cm³/mol. The van der Waals surface area contributed by atoms with E-state index >= 15 is 0 Å². The Labute approximate surface area is 148 Å². The normalized spacial score (nSPS) is 12.4. The van der Waals surface area contributed by atoms with Crippen LogP contribution in [-0.4, -0.2) is 8.42 Å². The van der Waals surface area contributed by atoms with E-state index in [4.69, 9.17) is 0 Å². The molecule has 0 bridgehead atoms. The predicted octanol–water partition coefficient (Wildman–Crippen LogP) is 5.21. The highest BCUT2D eigenvalue weighted by atomic mass is 32.2. The molecule has 2 nitrogen and oxygen atoms in total. The highest BCUT2D eigenvalue weighted by Crippen LogP contribution is 2.23. The number of sulfone groups is 1. The molecule has 3 heteroatoms. The first-order valence-electron chi connectivity index (χ1n) is 7.96. The molecule has 0 aliphatic heterocycles. The molecule has 0 unspecified atom stereocenters. The van der Waals surface area contributed by atoms with Crippen molar-refractivity contribution in [2.75, 3.05) is 0 Å². The van der Waals surface area contributed by atoms with Crippen molar-refractivity contribution in [2.24, 2.45) is 0 Å². The zero-order chi connectivity index (χ0) is 17.5. The van der Waals surface area contributed by atoms with Gasteiger partial charge in [0.15, 0.2) is 0 Å². The standard InChI is InChI=1S/C22H18O2S/c23-25(24,21-14-8-3-9-15-21)22(18-20-12-6-2-7-13-20)17-16-19-10-4-1-5-11-19/h1-18H/b17-16+,22-18-. The topological polar surface area (TPSA) is 34.1 Å². The molecule has 0 fully saturated rings. The third-order valence-corrected chi connectivity index (χ3v) is 5.48. The first-order chi connectivity index (χ1) is 12.2. The van der Waals surface area contributed by atoms with Gasteiger partial charge in [-0.3, -0.25) is 0 Å². The van der Waals surface area contributed by atoms with Crippen LogP contribution in [0.3, 0.4) is 0 Å². The summed E-state index contributed by atoms with van der Waals surface area (Å²) in [6, 6.07) is 27.6. The second-order valence-electron chi connectivity index (χ2n) is 5.52. The largest absolute Gasteiger partial charge is 0.219 e. The molecule has 0 saturated carbocycles. The molecule has 0 N–H and O–H groups in total. The maximum atomic E-state index is 13.0. The van der Waals surface area contributed by atoms with E-state index in [0.29, 0.717) is 0 Å². The zero-order valence-electron chi connectivity index (χ0n) is 13.6. The fraction of sp³-hybridized carbons (Fsp3) is 0.